The first-order valence-corrected chi connectivity index (χ1v) is 6.23. The van der Waals surface area contributed by atoms with E-state index in [2.05, 4.69) is 5.32 Å². The quantitative estimate of drug-likeness (QED) is 0.553. The molecule has 0 aliphatic rings. The first-order valence-electron chi connectivity index (χ1n) is 6.23. The van der Waals surface area contributed by atoms with Gasteiger partial charge in [0, 0.05) is 31.8 Å². The number of hydrogen-bond acceptors (Lipinski definition) is 5. The van der Waals surface area contributed by atoms with Crippen molar-refractivity contribution in [3.05, 3.63) is 39.9 Å². The molecule has 0 aliphatic heterocycles. The summed E-state index contributed by atoms with van der Waals surface area (Å²) >= 11 is 0. The standard InChI is InChI=1S/C13H20N2O4/c1-3-11(9-19-2)14-8-13(16)10-4-6-12(7-5-10)15(17)18/h4-7,11,13-14,16H,3,8-9H2,1-2H3. The Balaban J connectivity index is 2.53. The molecule has 2 N–H and O–H groups in total. The third kappa shape index (κ3) is 4.94. The number of aliphatic hydroxyl groups excluding tert-OH is 1. The molecule has 1 rings (SSSR count). The van der Waals surface area contributed by atoms with E-state index in [1.807, 2.05) is 6.92 Å². The van der Waals surface area contributed by atoms with E-state index in [-0.39, 0.29) is 11.7 Å². The third-order valence-corrected chi connectivity index (χ3v) is 2.95. The Morgan fingerprint density at radius 3 is 2.53 bits per heavy atom. The zero-order valence-corrected chi connectivity index (χ0v) is 11.2. The van der Waals surface area contributed by atoms with E-state index < -0.39 is 11.0 Å². The number of non-ortho nitro benzene ring substituents is 1. The highest BCUT2D eigenvalue weighted by molar-refractivity contribution is 5.33. The van der Waals surface area contributed by atoms with E-state index in [0.717, 1.165) is 6.42 Å². The van der Waals surface area contributed by atoms with Crippen LogP contribution in [0.25, 0.3) is 0 Å². The van der Waals surface area contributed by atoms with Crippen molar-refractivity contribution in [1.29, 1.82) is 0 Å². The number of ether oxygens (including phenoxy) is 1. The van der Waals surface area contributed by atoms with Crippen molar-refractivity contribution in [3.63, 3.8) is 0 Å². The summed E-state index contributed by atoms with van der Waals surface area (Å²) in [6.45, 7) is 3.01. The lowest BCUT2D eigenvalue weighted by Crippen LogP contribution is -2.35. The second-order valence-electron chi connectivity index (χ2n) is 4.33. The molecule has 2 unspecified atom stereocenters. The normalized spacial score (nSPS) is 14.1. The predicted molar refractivity (Wildman–Crippen MR) is 72.0 cm³/mol. The van der Waals surface area contributed by atoms with E-state index in [9.17, 15) is 15.2 Å². The molecule has 0 amide bonds. The highest BCUT2D eigenvalue weighted by Gasteiger charge is 2.12. The smallest absolute Gasteiger partial charge is 0.269 e. The molecule has 6 heteroatoms. The van der Waals surface area contributed by atoms with Crippen molar-refractivity contribution in [3.8, 4) is 0 Å². The van der Waals surface area contributed by atoms with Gasteiger partial charge in [-0.15, -0.1) is 0 Å². The van der Waals surface area contributed by atoms with Crippen LogP contribution in [0.5, 0.6) is 0 Å². The Hall–Kier alpha value is -1.50. The van der Waals surface area contributed by atoms with Gasteiger partial charge in [-0.2, -0.15) is 0 Å². The fourth-order valence-corrected chi connectivity index (χ4v) is 1.74. The molecule has 1 aromatic rings. The summed E-state index contributed by atoms with van der Waals surface area (Å²) in [4.78, 5) is 10.1. The molecule has 0 aromatic heterocycles. The van der Waals surface area contributed by atoms with Gasteiger partial charge in [0.1, 0.15) is 0 Å². The summed E-state index contributed by atoms with van der Waals surface area (Å²) in [6.07, 6.45) is 0.215. The van der Waals surface area contributed by atoms with Crippen molar-refractivity contribution in [2.45, 2.75) is 25.5 Å². The number of hydrogen-bond donors (Lipinski definition) is 2. The Morgan fingerprint density at radius 2 is 2.05 bits per heavy atom. The summed E-state index contributed by atoms with van der Waals surface area (Å²) < 4.78 is 5.06. The van der Waals surface area contributed by atoms with Gasteiger partial charge in [0.15, 0.2) is 0 Å². The molecular weight excluding hydrogens is 248 g/mol. The minimum absolute atomic E-state index is 0.0229. The van der Waals surface area contributed by atoms with Gasteiger partial charge in [-0.05, 0) is 24.1 Å². The second kappa shape index (κ2) is 7.83. The first kappa shape index (κ1) is 15.6. The van der Waals surface area contributed by atoms with Crippen LogP contribution in [0.4, 0.5) is 5.69 Å². The Morgan fingerprint density at radius 1 is 1.42 bits per heavy atom. The van der Waals surface area contributed by atoms with E-state index in [1.54, 1.807) is 19.2 Å². The third-order valence-electron chi connectivity index (χ3n) is 2.95. The molecule has 0 saturated heterocycles. The van der Waals surface area contributed by atoms with Crippen LogP contribution in [-0.2, 0) is 4.74 Å². The number of nitrogens with zero attached hydrogens (tertiary/aromatic N) is 1. The number of aliphatic hydroxyl groups is 1. The average molecular weight is 268 g/mol. The topological polar surface area (TPSA) is 84.6 Å². The molecule has 0 fully saturated rings. The second-order valence-corrected chi connectivity index (χ2v) is 4.33. The van der Waals surface area contributed by atoms with Crippen LogP contribution < -0.4 is 5.32 Å². The predicted octanol–water partition coefficient (Wildman–Crippen LogP) is 1.64. The lowest BCUT2D eigenvalue weighted by Gasteiger charge is -2.18. The molecule has 0 aliphatic carbocycles. The maximum atomic E-state index is 10.5. The number of methoxy groups -OCH3 is 1. The molecule has 0 radical (unpaired) electrons. The molecule has 1 aromatic carbocycles. The van der Waals surface area contributed by atoms with Gasteiger partial charge in [-0.25, -0.2) is 0 Å². The number of benzene rings is 1. The van der Waals surface area contributed by atoms with Crippen LogP contribution in [0, 0.1) is 10.1 Å². The lowest BCUT2D eigenvalue weighted by atomic mass is 10.1. The Labute approximate surface area is 112 Å². The number of nitro benzene ring substituents is 1. The molecule has 2 atom stereocenters. The summed E-state index contributed by atoms with van der Waals surface area (Å²) in [5.41, 5.74) is 0.681. The van der Waals surface area contributed by atoms with Crippen LogP contribution in [0.2, 0.25) is 0 Å². The van der Waals surface area contributed by atoms with Gasteiger partial charge in [0.25, 0.3) is 5.69 Å². The van der Waals surface area contributed by atoms with Crippen LogP contribution in [-0.4, -0.2) is 36.3 Å². The summed E-state index contributed by atoms with van der Waals surface area (Å²) in [6, 6.07) is 6.12. The summed E-state index contributed by atoms with van der Waals surface area (Å²) in [5, 5.41) is 23.7. The van der Waals surface area contributed by atoms with E-state index >= 15 is 0 Å². The molecule has 19 heavy (non-hydrogen) atoms. The first-order chi connectivity index (χ1) is 9.08. The molecule has 0 heterocycles. The van der Waals surface area contributed by atoms with E-state index in [4.69, 9.17) is 4.74 Å². The Kier molecular flexibility index (Phi) is 6.41. The number of nitro groups is 1. The number of nitrogens with one attached hydrogen (secondary N) is 1. The van der Waals surface area contributed by atoms with E-state index in [1.165, 1.54) is 12.1 Å². The lowest BCUT2D eigenvalue weighted by molar-refractivity contribution is -0.384. The van der Waals surface area contributed by atoms with Crippen molar-refractivity contribution < 1.29 is 14.8 Å². The van der Waals surface area contributed by atoms with Crippen LogP contribution >= 0.6 is 0 Å². The van der Waals surface area contributed by atoms with Crippen LogP contribution in [0.1, 0.15) is 25.0 Å². The molecule has 0 spiro atoms. The van der Waals surface area contributed by atoms with Crippen LogP contribution in [0.3, 0.4) is 0 Å². The molecular formula is C13H20N2O4. The van der Waals surface area contributed by atoms with Gasteiger partial charge in [0.2, 0.25) is 0 Å². The Bertz CT molecular complexity index is 394. The minimum atomic E-state index is -0.688. The zero-order valence-electron chi connectivity index (χ0n) is 11.2. The zero-order chi connectivity index (χ0) is 14.3. The maximum absolute atomic E-state index is 10.5. The monoisotopic (exact) mass is 268 g/mol. The summed E-state index contributed by atoms with van der Waals surface area (Å²) in [7, 11) is 1.64. The van der Waals surface area contributed by atoms with E-state index in [0.29, 0.717) is 18.7 Å². The van der Waals surface area contributed by atoms with Crippen LogP contribution in [0.15, 0.2) is 24.3 Å². The van der Waals surface area contributed by atoms with Crippen molar-refractivity contribution in [2.75, 3.05) is 20.3 Å². The average Bonchev–Trinajstić information content (AvgIpc) is 2.43. The largest absolute Gasteiger partial charge is 0.387 e. The number of rotatable bonds is 8. The fraction of sp³-hybridized carbons (Fsp3) is 0.538. The molecule has 0 saturated carbocycles. The molecule has 6 nitrogen and oxygen atoms in total. The van der Waals surface area contributed by atoms with Gasteiger partial charge in [-0.1, -0.05) is 6.92 Å². The maximum Gasteiger partial charge on any atom is 0.269 e. The fourth-order valence-electron chi connectivity index (χ4n) is 1.74. The molecule has 106 valence electrons. The van der Waals surface area contributed by atoms with Gasteiger partial charge >= 0.3 is 0 Å². The van der Waals surface area contributed by atoms with Gasteiger partial charge < -0.3 is 15.2 Å². The van der Waals surface area contributed by atoms with Crippen molar-refractivity contribution >= 4 is 5.69 Å². The SMILES string of the molecule is CCC(COC)NCC(O)c1ccc([N+](=O)[O-])cc1. The molecule has 0 bridgehead atoms. The van der Waals surface area contributed by atoms with Gasteiger partial charge in [-0.3, -0.25) is 10.1 Å². The van der Waals surface area contributed by atoms with Gasteiger partial charge in [0.05, 0.1) is 17.6 Å². The minimum Gasteiger partial charge on any atom is -0.387 e. The summed E-state index contributed by atoms with van der Waals surface area (Å²) in [5.74, 6) is 0. The van der Waals surface area contributed by atoms with Crippen molar-refractivity contribution in [2.24, 2.45) is 0 Å². The van der Waals surface area contributed by atoms with Crippen molar-refractivity contribution in [1.82, 2.24) is 5.32 Å². The highest BCUT2D eigenvalue weighted by atomic mass is 16.6. The highest BCUT2D eigenvalue weighted by Crippen LogP contribution is 2.17.